The molecule has 1 N–H and O–H groups in total. The van der Waals surface area contributed by atoms with Gasteiger partial charge in [0.25, 0.3) is 0 Å². The Balaban J connectivity index is 1.33. The number of nitrogens with one attached hydrogen (secondary N) is 1. The summed E-state index contributed by atoms with van der Waals surface area (Å²) in [5.41, 5.74) is 4.97. The molecule has 3 heterocycles. The lowest BCUT2D eigenvalue weighted by molar-refractivity contribution is -0.117. The highest BCUT2D eigenvalue weighted by molar-refractivity contribution is 7.19. The van der Waals surface area contributed by atoms with Crippen LogP contribution in [0.5, 0.6) is 0 Å². The third-order valence-corrected chi connectivity index (χ3v) is 7.72. The summed E-state index contributed by atoms with van der Waals surface area (Å²) in [6, 6.07) is 6.05. The number of benzene rings is 1. The van der Waals surface area contributed by atoms with Crippen LogP contribution in [0, 0.1) is 5.92 Å². The number of amides is 1. The van der Waals surface area contributed by atoms with Crippen LogP contribution in [0.25, 0.3) is 15.9 Å². The van der Waals surface area contributed by atoms with Gasteiger partial charge in [0.2, 0.25) is 5.91 Å². The van der Waals surface area contributed by atoms with E-state index in [1.54, 1.807) is 11.3 Å². The molecule has 8 heteroatoms. The number of aryl methyl sites for hydroxylation is 3. The molecular formula is C23H23N5O2S. The van der Waals surface area contributed by atoms with Crippen LogP contribution >= 0.6 is 11.3 Å². The van der Waals surface area contributed by atoms with Crippen molar-refractivity contribution in [1.29, 1.82) is 0 Å². The number of rotatable bonds is 3. The minimum absolute atomic E-state index is 0.123. The number of hydrogen-bond acceptors (Lipinski definition) is 5. The van der Waals surface area contributed by atoms with Gasteiger partial charge in [-0.2, -0.15) is 0 Å². The number of hydrogen-bond donors (Lipinski definition) is 1. The van der Waals surface area contributed by atoms with Crippen molar-refractivity contribution in [3.05, 3.63) is 56.6 Å². The van der Waals surface area contributed by atoms with Crippen LogP contribution in [0.4, 0.5) is 5.69 Å². The fourth-order valence-electron chi connectivity index (χ4n) is 4.95. The van der Waals surface area contributed by atoms with Crippen LogP contribution < -0.4 is 11.0 Å². The topological polar surface area (TPSA) is 81.3 Å². The molecule has 1 atom stereocenters. The number of anilines is 1. The first-order valence-electron chi connectivity index (χ1n) is 10.9. The third-order valence-electron chi connectivity index (χ3n) is 6.55. The summed E-state index contributed by atoms with van der Waals surface area (Å²) in [5, 5.41) is 8.45. The van der Waals surface area contributed by atoms with Gasteiger partial charge < -0.3 is 5.32 Å². The van der Waals surface area contributed by atoms with E-state index in [1.165, 1.54) is 37.0 Å². The minimum Gasteiger partial charge on any atom is -0.324 e. The third kappa shape index (κ3) is 3.08. The lowest BCUT2D eigenvalue weighted by Gasteiger charge is -2.17. The van der Waals surface area contributed by atoms with Crippen LogP contribution in [0.15, 0.2) is 29.3 Å². The van der Waals surface area contributed by atoms with E-state index in [4.69, 9.17) is 0 Å². The Morgan fingerprint density at radius 1 is 1.26 bits per heavy atom. The van der Waals surface area contributed by atoms with Crippen LogP contribution in [-0.2, 0) is 37.0 Å². The van der Waals surface area contributed by atoms with Crippen molar-refractivity contribution in [2.75, 3.05) is 5.32 Å². The summed E-state index contributed by atoms with van der Waals surface area (Å²) in [7, 11) is 0. The van der Waals surface area contributed by atoms with Gasteiger partial charge in [-0.05, 0) is 73.3 Å². The first kappa shape index (κ1) is 18.7. The van der Waals surface area contributed by atoms with E-state index < -0.39 is 0 Å². The largest absolute Gasteiger partial charge is 0.352 e. The molecule has 0 unspecified atom stereocenters. The summed E-state index contributed by atoms with van der Waals surface area (Å²) in [4.78, 5) is 32.4. The van der Waals surface area contributed by atoms with Crippen molar-refractivity contribution in [3.8, 4) is 0 Å². The van der Waals surface area contributed by atoms with Crippen molar-refractivity contribution in [3.63, 3.8) is 0 Å². The number of nitrogens with zero attached hydrogens (tertiary/aromatic N) is 4. The van der Waals surface area contributed by atoms with Crippen molar-refractivity contribution in [1.82, 2.24) is 19.2 Å². The SMILES string of the molecule is C[C@@H]1CCc2c(sc3ncn4c(=O)n(CC(=O)Nc5ccc6c(c5)CCC6)nc4c23)C1. The molecule has 0 aliphatic heterocycles. The van der Waals surface area contributed by atoms with Crippen molar-refractivity contribution in [2.24, 2.45) is 5.92 Å². The monoisotopic (exact) mass is 433 g/mol. The van der Waals surface area contributed by atoms with Crippen LogP contribution in [0.1, 0.15) is 41.3 Å². The normalized spacial score (nSPS) is 17.8. The van der Waals surface area contributed by atoms with E-state index in [2.05, 4.69) is 28.4 Å². The number of aromatic nitrogens is 4. The standard InChI is InChI=1S/C23H23N5O2S/c1-13-5-8-17-18(9-13)31-22-20(17)21-26-28(23(30)27(21)12-24-22)11-19(29)25-16-7-6-14-3-2-4-15(14)10-16/h6-7,10,12-13H,2-5,8-9,11H2,1H3,(H,25,29)/t13-/m1/s1. The second kappa shape index (κ2) is 7.02. The van der Waals surface area contributed by atoms with Gasteiger partial charge in [0, 0.05) is 10.6 Å². The Morgan fingerprint density at radius 2 is 2.13 bits per heavy atom. The summed E-state index contributed by atoms with van der Waals surface area (Å²) in [6.07, 6.45) is 8.03. The van der Waals surface area contributed by atoms with Crippen LogP contribution in [-0.4, -0.2) is 25.1 Å². The molecule has 158 valence electrons. The molecule has 6 rings (SSSR count). The maximum atomic E-state index is 12.9. The molecule has 0 radical (unpaired) electrons. The van der Waals surface area contributed by atoms with Gasteiger partial charge in [-0.3, -0.25) is 4.79 Å². The second-order valence-electron chi connectivity index (χ2n) is 8.80. The number of carbonyl (C=O) groups excluding carboxylic acids is 1. The van der Waals surface area contributed by atoms with E-state index >= 15 is 0 Å². The van der Waals surface area contributed by atoms with E-state index in [0.29, 0.717) is 11.6 Å². The molecule has 31 heavy (non-hydrogen) atoms. The highest BCUT2D eigenvalue weighted by Crippen LogP contribution is 2.38. The summed E-state index contributed by atoms with van der Waals surface area (Å²) < 4.78 is 2.71. The predicted octanol–water partition coefficient (Wildman–Crippen LogP) is 3.36. The molecule has 7 nitrogen and oxygen atoms in total. The fourth-order valence-corrected chi connectivity index (χ4v) is 6.30. The van der Waals surface area contributed by atoms with Gasteiger partial charge >= 0.3 is 5.69 Å². The van der Waals surface area contributed by atoms with Gasteiger partial charge in [-0.1, -0.05) is 13.0 Å². The Bertz CT molecular complexity index is 1410. The Hall–Kier alpha value is -3.00. The predicted molar refractivity (Wildman–Crippen MR) is 121 cm³/mol. The number of carbonyl (C=O) groups is 1. The Kier molecular flexibility index (Phi) is 4.24. The Labute approximate surface area is 182 Å². The highest BCUT2D eigenvalue weighted by Gasteiger charge is 2.24. The summed E-state index contributed by atoms with van der Waals surface area (Å²) >= 11 is 1.70. The number of thiophene rings is 1. The molecule has 0 spiro atoms. The first-order valence-corrected chi connectivity index (χ1v) is 11.7. The van der Waals surface area contributed by atoms with Crippen LogP contribution in [0.3, 0.4) is 0 Å². The zero-order valence-corrected chi connectivity index (χ0v) is 18.2. The quantitative estimate of drug-likeness (QED) is 0.537. The van der Waals surface area contributed by atoms with E-state index in [1.807, 2.05) is 12.1 Å². The lowest BCUT2D eigenvalue weighted by atomic mass is 9.89. The average Bonchev–Trinajstić information content (AvgIpc) is 3.43. The molecule has 0 fully saturated rings. The molecule has 1 aromatic carbocycles. The van der Waals surface area contributed by atoms with Crippen molar-refractivity contribution < 1.29 is 4.79 Å². The first-order chi connectivity index (χ1) is 15.1. The zero-order chi connectivity index (χ0) is 21.1. The molecule has 2 aliphatic carbocycles. The summed E-state index contributed by atoms with van der Waals surface area (Å²) in [5.74, 6) is 0.410. The molecule has 0 saturated heterocycles. The second-order valence-corrected chi connectivity index (χ2v) is 9.88. The van der Waals surface area contributed by atoms with Crippen molar-refractivity contribution >= 4 is 38.8 Å². The average molecular weight is 434 g/mol. The summed E-state index contributed by atoms with van der Waals surface area (Å²) in [6.45, 7) is 2.15. The van der Waals surface area contributed by atoms with Gasteiger partial charge in [0.1, 0.15) is 17.7 Å². The molecule has 0 saturated carbocycles. The Morgan fingerprint density at radius 3 is 3.03 bits per heavy atom. The van der Waals surface area contributed by atoms with E-state index in [9.17, 15) is 9.59 Å². The molecule has 0 bridgehead atoms. The van der Waals surface area contributed by atoms with E-state index in [-0.39, 0.29) is 18.1 Å². The molecule has 2 aliphatic rings. The van der Waals surface area contributed by atoms with E-state index in [0.717, 1.165) is 54.4 Å². The van der Waals surface area contributed by atoms with Gasteiger partial charge in [0.05, 0.1) is 5.39 Å². The number of fused-ring (bicyclic) bond motifs is 6. The maximum absolute atomic E-state index is 12.9. The molecule has 1 amide bonds. The van der Waals surface area contributed by atoms with Gasteiger partial charge in [0.15, 0.2) is 5.65 Å². The minimum atomic E-state index is -0.336. The maximum Gasteiger partial charge on any atom is 0.352 e. The molecular weight excluding hydrogens is 410 g/mol. The highest BCUT2D eigenvalue weighted by atomic mass is 32.1. The fraction of sp³-hybridized carbons (Fsp3) is 0.391. The van der Waals surface area contributed by atoms with Crippen LogP contribution in [0.2, 0.25) is 0 Å². The van der Waals surface area contributed by atoms with Gasteiger partial charge in [-0.15, -0.1) is 16.4 Å². The molecule has 4 aromatic rings. The smallest absolute Gasteiger partial charge is 0.324 e. The lowest BCUT2D eigenvalue weighted by Crippen LogP contribution is -2.28. The zero-order valence-electron chi connectivity index (χ0n) is 17.4. The van der Waals surface area contributed by atoms with Crippen molar-refractivity contribution in [2.45, 2.75) is 52.0 Å². The van der Waals surface area contributed by atoms with Gasteiger partial charge in [-0.25, -0.2) is 18.9 Å². The molecule has 3 aromatic heterocycles.